The summed E-state index contributed by atoms with van der Waals surface area (Å²) in [6.45, 7) is 2.02. The number of anilines is 1. The van der Waals surface area contributed by atoms with Crippen molar-refractivity contribution in [3.63, 3.8) is 0 Å². The highest BCUT2D eigenvalue weighted by Crippen LogP contribution is 2.32. The maximum absolute atomic E-state index is 13.2. The summed E-state index contributed by atoms with van der Waals surface area (Å²) < 4.78 is 56.5. The highest BCUT2D eigenvalue weighted by molar-refractivity contribution is 5.82. The van der Waals surface area contributed by atoms with E-state index in [0.29, 0.717) is 6.42 Å². The first-order valence-electron chi connectivity index (χ1n) is 5.95. The first kappa shape index (κ1) is 16.8. The highest BCUT2D eigenvalue weighted by Gasteiger charge is 2.35. The summed E-state index contributed by atoms with van der Waals surface area (Å²) in [5, 5.41) is 10.3. The molecular formula is C13H13F4NO3. The number of ether oxygens (including phenoxy) is 1. The van der Waals surface area contributed by atoms with E-state index >= 15 is 0 Å². The second-order valence-corrected chi connectivity index (χ2v) is 4.01. The smallest absolute Gasteiger partial charge is 0.431 e. The van der Waals surface area contributed by atoms with Gasteiger partial charge in [-0.3, -0.25) is 0 Å². The highest BCUT2D eigenvalue weighted by atomic mass is 19.4. The molecule has 0 amide bonds. The number of halogens is 4. The molecule has 1 rings (SSSR count). The van der Waals surface area contributed by atoms with E-state index in [1.165, 1.54) is 6.07 Å². The molecule has 0 fully saturated rings. The van der Waals surface area contributed by atoms with Gasteiger partial charge in [-0.2, -0.15) is 13.2 Å². The number of nitrogens with one attached hydrogen (secondary N) is 1. The summed E-state index contributed by atoms with van der Waals surface area (Å²) in [5.74, 6) is -2.56. The fraction of sp³-hybridized carbons (Fsp3) is 0.308. The van der Waals surface area contributed by atoms with Crippen molar-refractivity contribution in [2.45, 2.75) is 19.5 Å². The van der Waals surface area contributed by atoms with Crippen LogP contribution in [-0.2, 0) is 4.79 Å². The van der Waals surface area contributed by atoms with E-state index in [-0.39, 0.29) is 24.1 Å². The van der Waals surface area contributed by atoms with Crippen LogP contribution in [0.25, 0.3) is 0 Å². The average Bonchev–Trinajstić information content (AvgIpc) is 2.35. The molecule has 21 heavy (non-hydrogen) atoms. The van der Waals surface area contributed by atoms with Crippen molar-refractivity contribution < 1.29 is 32.2 Å². The van der Waals surface area contributed by atoms with Crippen LogP contribution in [0.15, 0.2) is 30.0 Å². The zero-order chi connectivity index (χ0) is 16.0. The van der Waals surface area contributed by atoms with Gasteiger partial charge in [-0.1, -0.05) is 6.92 Å². The minimum absolute atomic E-state index is 0.00112. The largest absolute Gasteiger partial charge is 0.491 e. The van der Waals surface area contributed by atoms with Crippen LogP contribution in [0.5, 0.6) is 5.75 Å². The molecule has 2 N–H and O–H groups in total. The molecule has 0 unspecified atom stereocenters. The molecule has 0 atom stereocenters. The summed E-state index contributed by atoms with van der Waals surface area (Å²) in [6, 6.07) is 3.00. The number of carboxylic acids is 1. The van der Waals surface area contributed by atoms with Crippen molar-refractivity contribution in [2.24, 2.45) is 0 Å². The maximum atomic E-state index is 13.2. The van der Waals surface area contributed by atoms with Crippen LogP contribution >= 0.6 is 0 Å². The maximum Gasteiger partial charge on any atom is 0.431 e. The van der Waals surface area contributed by atoms with Crippen LogP contribution < -0.4 is 10.1 Å². The van der Waals surface area contributed by atoms with Crippen molar-refractivity contribution in [2.75, 3.05) is 11.9 Å². The van der Waals surface area contributed by atoms with Gasteiger partial charge in [0.15, 0.2) is 0 Å². The van der Waals surface area contributed by atoms with Crippen molar-refractivity contribution in [3.05, 3.63) is 35.8 Å². The number of carboxylic acid groups (broad SMARTS) is 1. The van der Waals surface area contributed by atoms with Crippen LogP contribution in [0.2, 0.25) is 0 Å². The van der Waals surface area contributed by atoms with E-state index < -0.39 is 23.7 Å². The number of carbonyl (C=O) groups is 1. The lowest BCUT2D eigenvalue weighted by atomic mass is 10.2. The molecule has 0 spiro atoms. The summed E-state index contributed by atoms with van der Waals surface area (Å²) in [4.78, 5) is 10.4. The summed E-state index contributed by atoms with van der Waals surface area (Å²) in [5.41, 5.74) is -1.82. The van der Waals surface area contributed by atoms with Crippen molar-refractivity contribution in [1.82, 2.24) is 0 Å². The van der Waals surface area contributed by atoms with Crippen molar-refractivity contribution in [3.8, 4) is 5.75 Å². The molecule has 4 nitrogen and oxygen atoms in total. The minimum atomic E-state index is -4.92. The number of benzene rings is 1. The lowest BCUT2D eigenvalue weighted by molar-refractivity contribution is -0.132. The zero-order valence-electron chi connectivity index (χ0n) is 11.0. The fourth-order valence-electron chi connectivity index (χ4n) is 1.40. The molecule has 0 saturated heterocycles. The topological polar surface area (TPSA) is 58.6 Å². The lowest BCUT2D eigenvalue weighted by Gasteiger charge is -2.17. The second kappa shape index (κ2) is 6.96. The van der Waals surface area contributed by atoms with Crippen LogP contribution in [0, 0.1) is 5.82 Å². The molecule has 8 heteroatoms. The van der Waals surface area contributed by atoms with E-state index in [0.717, 1.165) is 12.1 Å². The van der Waals surface area contributed by atoms with Gasteiger partial charge in [-0.25, -0.2) is 9.18 Å². The van der Waals surface area contributed by atoms with E-state index in [9.17, 15) is 22.4 Å². The van der Waals surface area contributed by atoms with E-state index in [1.54, 1.807) is 6.92 Å². The second-order valence-electron chi connectivity index (χ2n) is 4.01. The first-order chi connectivity index (χ1) is 9.74. The summed E-state index contributed by atoms with van der Waals surface area (Å²) in [6.07, 6.45) is -4.35. The monoisotopic (exact) mass is 307 g/mol. The first-order valence-corrected chi connectivity index (χ1v) is 5.95. The molecule has 0 bridgehead atoms. The Labute approximate surface area is 118 Å². The minimum Gasteiger partial charge on any atom is -0.491 e. The lowest BCUT2D eigenvalue weighted by Crippen LogP contribution is -2.21. The number of allylic oxidation sites excluding steroid dienone is 1. The molecule has 0 aliphatic rings. The molecular weight excluding hydrogens is 294 g/mol. The Morgan fingerprint density at radius 1 is 1.43 bits per heavy atom. The zero-order valence-corrected chi connectivity index (χ0v) is 11.0. The molecule has 1 aromatic rings. The average molecular weight is 307 g/mol. The Bertz CT molecular complexity index is 541. The Morgan fingerprint density at radius 3 is 2.62 bits per heavy atom. The van der Waals surface area contributed by atoms with Crippen molar-refractivity contribution in [1.29, 1.82) is 0 Å². The van der Waals surface area contributed by atoms with Crippen LogP contribution in [0.3, 0.4) is 0 Å². The number of hydrogen-bond donors (Lipinski definition) is 2. The van der Waals surface area contributed by atoms with Crippen LogP contribution in [0.1, 0.15) is 13.3 Å². The van der Waals surface area contributed by atoms with Gasteiger partial charge in [0.2, 0.25) is 0 Å². The normalized spacial score (nSPS) is 12.1. The van der Waals surface area contributed by atoms with Crippen molar-refractivity contribution >= 4 is 11.7 Å². The molecule has 0 saturated carbocycles. The third-order valence-corrected chi connectivity index (χ3v) is 2.25. The molecule has 0 radical (unpaired) electrons. The number of rotatable bonds is 6. The van der Waals surface area contributed by atoms with Gasteiger partial charge in [0.05, 0.1) is 18.4 Å². The van der Waals surface area contributed by atoms with E-state index in [2.05, 4.69) is 0 Å². The standard InChI is InChI=1S/C13H13F4NO3/c1-2-5-21-10-4-3-8(14)6-9(10)18-11(7-12(19)20)13(15,16)17/h3-4,6-7,18H,2,5H2,1H3,(H,19,20)/b11-7-. The molecule has 116 valence electrons. The van der Waals surface area contributed by atoms with E-state index in [4.69, 9.17) is 9.84 Å². The number of aliphatic carboxylic acids is 1. The Morgan fingerprint density at radius 2 is 2.10 bits per heavy atom. The molecule has 0 heterocycles. The van der Waals surface area contributed by atoms with Gasteiger partial charge in [-0.05, 0) is 18.6 Å². The van der Waals surface area contributed by atoms with E-state index in [1.807, 2.05) is 5.32 Å². The molecule has 0 aliphatic heterocycles. The van der Waals surface area contributed by atoms with Gasteiger partial charge in [-0.15, -0.1) is 0 Å². The quantitative estimate of drug-likeness (QED) is 0.623. The van der Waals surface area contributed by atoms with Crippen LogP contribution in [-0.4, -0.2) is 23.9 Å². The SMILES string of the molecule is CCCOc1ccc(F)cc1N/C(=C\C(=O)O)C(F)(F)F. The Hall–Kier alpha value is -2.25. The number of alkyl halides is 3. The van der Waals surface area contributed by atoms with Gasteiger partial charge >= 0.3 is 12.1 Å². The fourth-order valence-corrected chi connectivity index (χ4v) is 1.40. The third-order valence-electron chi connectivity index (χ3n) is 2.25. The Kier molecular flexibility index (Phi) is 5.57. The van der Waals surface area contributed by atoms with Gasteiger partial charge < -0.3 is 15.2 Å². The summed E-state index contributed by atoms with van der Waals surface area (Å²) in [7, 11) is 0. The molecule has 0 aliphatic carbocycles. The Balaban J connectivity index is 3.13. The predicted octanol–water partition coefficient (Wildman–Crippen LogP) is 3.56. The molecule has 0 aromatic heterocycles. The van der Waals surface area contributed by atoms with Crippen LogP contribution in [0.4, 0.5) is 23.2 Å². The third kappa shape index (κ3) is 5.33. The number of hydrogen-bond acceptors (Lipinski definition) is 3. The predicted molar refractivity (Wildman–Crippen MR) is 67.6 cm³/mol. The molecule has 1 aromatic carbocycles. The van der Waals surface area contributed by atoms with Gasteiger partial charge in [0.1, 0.15) is 17.3 Å². The van der Waals surface area contributed by atoms with Gasteiger partial charge in [0, 0.05) is 6.07 Å². The van der Waals surface area contributed by atoms with Gasteiger partial charge in [0.25, 0.3) is 0 Å². The summed E-state index contributed by atoms with van der Waals surface area (Å²) >= 11 is 0.